The Kier molecular flexibility index (Phi) is 4.90. The lowest BCUT2D eigenvalue weighted by molar-refractivity contribution is 0.0170. The van der Waals surface area contributed by atoms with E-state index in [2.05, 4.69) is 4.98 Å². The second-order valence-electron chi connectivity index (χ2n) is 4.71. The van der Waals surface area contributed by atoms with Crippen LogP contribution in [-0.4, -0.2) is 32.4 Å². The molecule has 0 aliphatic carbocycles. The lowest BCUT2D eigenvalue weighted by Gasteiger charge is -2.15. The fourth-order valence-electron chi connectivity index (χ4n) is 1.64. The van der Waals surface area contributed by atoms with Gasteiger partial charge in [-0.3, -0.25) is 0 Å². The highest BCUT2D eigenvalue weighted by atomic mass is 32.2. The molecule has 1 heterocycles. The summed E-state index contributed by atoms with van der Waals surface area (Å²) in [5, 5.41) is 2.51. The van der Waals surface area contributed by atoms with E-state index < -0.39 is 29.0 Å². The van der Waals surface area contributed by atoms with Gasteiger partial charge in [-0.05, 0) is 19.1 Å². The van der Waals surface area contributed by atoms with Gasteiger partial charge in [0.25, 0.3) is 5.92 Å². The fraction of sp³-hybridized carbons (Fsp3) is 0.308. The van der Waals surface area contributed by atoms with Gasteiger partial charge in [-0.25, -0.2) is 26.9 Å². The molecule has 0 fully saturated rings. The van der Waals surface area contributed by atoms with E-state index in [4.69, 9.17) is 5.73 Å². The first kappa shape index (κ1) is 16.9. The number of rotatable bonds is 6. The van der Waals surface area contributed by atoms with Crippen molar-refractivity contribution in [2.45, 2.75) is 17.7 Å². The highest BCUT2D eigenvalue weighted by Crippen LogP contribution is 2.25. The maximum Gasteiger partial charge on any atom is 0.273 e. The molecule has 0 amide bonds. The van der Waals surface area contributed by atoms with Crippen molar-refractivity contribution >= 4 is 21.4 Å². The van der Waals surface area contributed by atoms with Gasteiger partial charge in [-0.2, -0.15) is 0 Å². The van der Waals surface area contributed by atoms with Crippen molar-refractivity contribution in [2.75, 3.05) is 13.1 Å². The predicted octanol–water partition coefficient (Wildman–Crippen LogP) is 1.99. The number of sulfonamides is 1. The average molecular weight is 347 g/mol. The second kappa shape index (κ2) is 6.37. The largest absolute Gasteiger partial charge is 0.325 e. The summed E-state index contributed by atoms with van der Waals surface area (Å²) in [7, 11) is -4.04. The molecule has 0 saturated heterocycles. The molecular weight excluding hydrogens is 332 g/mol. The Morgan fingerprint density at radius 3 is 2.73 bits per heavy atom. The number of halogens is 2. The summed E-state index contributed by atoms with van der Waals surface area (Å²) >= 11 is 1.38. The third-order valence-electron chi connectivity index (χ3n) is 2.83. The number of nitrogens with zero attached hydrogens (tertiary/aromatic N) is 1. The first-order valence-electron chi connectivity index (χ1n) is 6.34. The average Bonchev–Trinajstić information content (AvgIpc) is 2.92. The maximum absolute atomic E-state index is 13.1. The summed E-state index contributed by atoms with van der Waals surface area (Å²) in [5.41, 5.74) is 6.33. The third kappa shape index (κ3) is 4.07. The number of aromatic nitrogens is 1. The van der Waals surface area contributed by atoms with Gasteiger partial charge in [0.1, 0.15) is 5.01 Å². The molecule has 0 saturated carbocycles. The van der Waals surface area contributed by atoms with E-state index in [9.17, 15) is 17.2 Å². The number of alkyl halides is 2. The van der Waals surface area contributed by atoms with Crippen LogP contribution in [0.2, 0.25) is 0 Å². The molecule has 5 nitrogen and oxygen atoms in total. The molecule has 2 aromatic rings. The molecule has 120 valence electrons. The molecule has 0 atom stereocenters. The van der Waals surface area contributed by atoms with Crippen LogP contribution in [0.1, 0.15) is 5.69 Å². The molecule has 3 N–H and O–H groups in total. The summed E-state index contributed by atoms with van der Waals surface area (Å²) in [6.07, 6.45) is 0. The van der Waals surface area contributed by atoms with E-state index >= 15 is 0 Å². The normalized spacial score (nSPS) is 12.5. The lowest BCUT2D eigenvalue weighted by atomic mass is 10.2. The van der Waals surface area contributed by atoms with E-state index in [1.54, 1.807) is 12.1 Å². The van der Waals surface area contributed by atoms with E-state index in [0.717, 1.165) is 5.69 Å². The van der Waals surface area contributed by atoms with Crippen LogP contribution in [0.25, 0.3) is 10.6 Å². The Bertz CT molecular complexity index is 760. The first-order chi connectivity index (χ1) is 10.2. The van der Waals surface area contributed by atoms with Gasteiger partial charge in [-0.1, -0.05) is 12.1 Å². The van der Waals surface area contributed by atoms with Crippen molar-refractivity contribution in [1.82, 2.24) is 9.71 Å². The second-order valence-corrected chi connectivity index (χ2v) is 7.33. The molecule has 0 spiro atoms. The first-order valence-corrected chi connectivity index (χ1v) is 8.70. The quantitative estimate of drug-likeness (QED) is 0.837. The van der Waals surface area contributed by atoms with Crippen molar-refractivity contribution in [1.29, 1.82) is 0 Å². The molecule has 0 bridgehead atoms. The summed E-state index contributed by atoms with van der Waals surface area (Å²) in [6.45, 7) is -0.128. The van der Waals surface area contributed by atoms with Crippen LogP contribution in [0.4, 0.5) is 8.78 Å². The zero-order valence-electron chi connectivity index (χ0n) is 11.7. The van der Waals surface area contributed by atoms with Crippen LogP contribution in [0.5, 0.6) is 0 Å². The highest BCUT2D eigenvalue weighted by molar-refractivity contribution is 7.89. The lowest BCUT2D eigenvalue weighted by Crippen LogP contribution is -2.41. The fourth-order valence-corrected chi connectivity index (χ4v) is 3.54. The minimum Gasteiger partial charge on any atom is -0.325 e. The van der Waals surface area contributed by atoms with Gasteiger partial charge >= 0.3 is 0 Å². The molecule has 0 aliphatic rings. The van der Waals surface area contributed by atoms with Gasteiger partial charge in [-0.15, -0.1) is 11.3 Å². The van der Waals surface area contributed by atoms with E-state index in [1.807, 2.05) is 17.0 Å². The third-order valence-corrected chi connectivity index (χ3v) is 5.24. The Hall–Kier alpha value is -1.42. The molecular formula is C13H15F2N3O2S2. The van der Waals surface area contributed by atoms with Crippen LogP contribution >= 0.6 is 11.3 Å². The van der Waals surface area contributed by atoms with Crippen molar-refractivity contribution < 1.29 is 17.2 Å². The number of hydrogen-bond acceptors (Lipinski definition) is 5. The standard InChI is InChI=1S/C13H15F2N3O2S2/c1-9-6-21-12(18-9)10-3-2-4-11(5-10)22(19,20)17-8-13(14,15)7-16/h2-6,17H,7-8,16H2,1H3. The Balaban J connectivity index is 2.25. The Morgan fingerprint density at radius 1 is 1.41 bits per heavy atom. The zero-order valence-corrected chi connectivity index (χ0v) is 13.3. The number of thiazole rings is 1. The molecule has 0 radical (unpaired) electrons. The molecule has 2 rings (SSSR count). The van der Waals surface area contributed by atoms with Crippen LogP contribution in [-0.2, 0) is 10.0 Å². The monoisotopic (exact) mass is 347 g/mol. The van der Waals surface area contributed by atoms with Gasteiger partial charge in [0.15, 0.2) is 0 Å². The maximum atomic E-state index is 13.1. The number of nitrogens with two attached hydrogens (primary N) is 1. The van der Waals surface area contributed by atoms with Crippen molar-refractivity contribution in [2.24, 2.45) is 5.73 Å². The molecule has 0 unspecified atom stereocenters. The minimum atomic E-state index is -4.04. The van der Waals surface area contributed by atoms with Crippen LogP contribution in [0, 0.1) is 6.92 Å². The summed E-state index contributed by atoms with van der Waals surface area (Å²) in [4.78, 5) is 4.18. The Labute approximate surface area is 131 Å². The SMILES string of the molecule is Cc1csc(-c2cccc(S(=O)(=O)NCC(F)(F)CN)c2)n1. The zero-order chi connectivity index (χ0) is 16.4. The smallest absolute Gasteiger partial charge is 0.273 e. The number of nitrogens with one attached hydrogen (secondary N) is 1. The highest BCUT2D eigenvalue weighted by Gasteiger charge is 2.29. The predicted molar refractivity (Wildman–Crippen MR) is 81.5 cm³/mol. The summed E-state index contributed by atoms with van der Waals surface area (Å²) < 4.78 is 52.2. The van der Waals surface area contributed by atoms with E-state index in [1.165, 1.54) is 23.5 Å². The van der Waals surface area contributed by atoms with Crippen molar-refractivity contribution in [3.63, 3.8) is 0 Å². The van der Waals surface area contributed by atoms with Crippen molar-refractivity contribution in [3.05, 3.63) is 35.3 Å². The van der Waals surface area contributed by atoms with Crippen LogP contribution in [0.3, 0.4) is 0 Å². The number of benzene rings is 1. The topological polar surface area (TPSA) is 85.1 Å². The summed E-state index contributed by atoms with van der Waals surface area (Å²) in [6, 6.07) is 6.00. The van der Waals surface area contributed by atoms with Gasteiger partial charge in [0.05, 0.1) is 18.0 Å². The minimum absolute atomic E-state index is 0.0920. The van der Waals surface area contributed by atoms with E-state index in [0.29, 0.717) is 10.6 Å². The van der Waals surface area contributed by atoms with Gasteiger partial charge < -0.3 is 5.73 Å². The van der Waals surface area contributed by atoms with Crippen LogP contribution in [0.15, 0.2) is 34.5 Å². The van der Waals surface area contributed by atoms with Crippen LogP contribution < -0.4 is 10.5 Å². The van der Waals surface area contributed by atoms with Crippen molar-refractivity contribution in [3.8, 4) is 10.6 Å². The number of hydrogen-bond donors (Lipinski definition) is 2. The van der Waals surface area contributed by atoms with Gasteiger partial charge in [0.2, 0.25) is 10.0 Å². The summed E-state index contributed by atoms with van der Waals surface area (Å²) in [5.74, 6) is -3.28. The molecule has 1 aromatic carbocycles. The van der Waals surface area contributed by atoms with Gasteiger partial charge in [0, 0.05) is 16.6 Å². The number of aryl methyl sites for hydroxylation is 1. The molecule has 0 aliphatic heterocycles. The molecule has 9 heteroatoms. The molecule has 22 heavy (non-hydrogen) atoms. The molecule has 1 aromatic heterocycles. The van der Waals surface area contributed by atoms with E-state index in [-0.39, 0.29) is 4.90 Å². The Morgan fingerprint density at radius 2 is 2.14 bits per heavy atom.